The zero-order chi connectivity index (χ0) is 19.7. The van der Waals surface area contributed by atoms with Gasteiger partial charge < -0.3 is 19.6 Å². The van der Waals surface area contributed by atoms with Gasteiger partial charge in [0.05, 0.1) is 13.2 Å². The molecule has 1 amide bonds. The zero-order valence-electron chi connectivity index (χ0n) is 14.8. The molecule has 1 aliphatic heterocycles. The first-order valence-corrected chi connectivity index (χ1v) is 10.1. The quantitative estimate of drug-likeness (QED) is 0.694. The molecule has 4 rings (SSSR count). The number of carbonyl (C=O) groups is 1. The lowest BCUT2D eigenvalue weighted by Gasteiger charge is -2.24. The van der Waals surface area contributed by atoms with Gasteiger partial charge in [0.25, 0.3) is 15.9 Å². The predicted molar refractivity (Wildman–Crippen MR) is 102 cm³/mol. The second kappa shape index (κ2) is 7.27. The van der Waals surface area contributed by atoms with Gasteiger partial charge >= 0.3 is 0 Å². The van der Waals surface area contributed by atoms with Crippen LogP contribution < -0.4 is 5.32 Å². The Morgan fingerprint density at radius 1 is 1.00 bits per heavy atom. The van der Waals surface area contributed by atoms with Crippen LogP contribution in [-0.4, -0.2) is 50.0 Å². The maximum atomic E-state index is 12.6. The van der Waals surface area contributed by atoms with Crippen LogP contribution in [0.3, 0.4) is 0 Å². The highest BCUT2D eigenvalue weighted by molar-refractivity contribution is 7.89. The van der Waals surface area contributed by atoms with Crippen molar-refractivity contribution in [2.75, 3.05) is 31.6 Å². The molecule has 0 spiro atoms. The van der Waals surface area contributed by atoms with Crippen molar-refractivity contribution >= 4 is 32.4 Å². The molecule has 0 saturated carbocycles. The fourth-order valence-electron chi connectivity index (χ4n) is 3.08. The molecule has 9 heteroatoms. The number of carbonyl (C=O) groups excluding carboxylic acids is 1. The Kier molecular flexibility index (Phi) is 4.80. The summed E-state index contributed by atoms with van der Waals surface area (Å²) >= 11 is 0. The number of nitrogens with zero attached hydrogens (tertiary/aromatic N) is 1. The van der Waals surface area contributed by atoms with Crippen LogP contribution in [0.5, 0.6) is 5.75 Å². The molecule has 28 heavy (non-hydrogen) atoms. The Morgan fingerprint density at radius 2 is 1.71 bits per heavy atom. The molecule has 0 bridgehead atoms. The summed E-state index contributed by atoms with van der Waals surface area (Å²) in [6.07, 6.45) is 0. The summed E-state index contributed by atoms with van der Waals surface area (Å²) in [6, 6.07) is 12.7. The molecule has 1 aromatic heterocycles. The van der Waals surface area contributed by atoms with Crippen molar-refractivity contribution < 1.29 is 27.5 Å². The Morgan fingerprint density at radius 3 is 2.50 bits per heavy atom. The molecule has 0 radical (unpaired) electrons. The molecule has 2 heterocycles. The minimum absolute atomic E-state index is 0.102. The number of phenols is 1. The van der Waals surface area contributed by atoms with Gasteiger partial charge in [-0.25, -0.2) is 8.42 Å². The van der Waals surface area contributed by atoms with Crippen LogP contribution in [0.25, 0.3) is 10.8 Å². The maximum absolute atomic E-state index is 12.6. The minimum Gasteiger partial charge on any atom is -0.507 e. The molecular weight excluding hydrogens is 384 g/mol. The normalized spacial score (nSPS) is 15.6. The summed E-state index contributed by atoms with van der Waals surface area (Å²) in [7, 11) is -3.81. The highest BCUT2D eigenvalue weighted by Gasteiger charge is 2.30. The number of sulfonamides is 1. The van der Waals surface area contributed by atoms with Gasteiger partial charge in [0.2, 0.25) is 5.09 Å². The molecule has 0 aliphatic carbocycles. The van der Waals surface area contributed by atoms with Gasteiger partial charge in [0, 0.05) is 29.5 Å². The number of anilines is 1. The van der Waals surface area contributed by atoms with Crippen molar-refractivity contribution in [1.82, 2.24) is 4.31 Å². The monoisotopic (exact) mass is 402 g/mol. The van der Waals surface area contributed by atoms with E-state index >= 15 is 0 Å². The Bertz CT molecular complexity index is 1130. The Hall–Kier alpha value is -2.88. The van der Waals surface area contributed by atoms with Crippen LogP contribution in [0.15, 0.2) is 58.0 Å². The average Bonchev–Trinajstić information content (AvgIpc) is 3.21. The van der Waals surface area contributed by atoms with Crippen LogP contribution in [0.4, 0.5) is 5.69 Å². The maximum Gasteiger partial charge on any atom is 0.291 e. The molecule has 2 N–H and O–H groups in total. The van der Waals surface area contributed by atoms with E-state index in [9.17, 15) is 18.3 Å². The molecule has 0 atom stereocenters. The van der Waals surface area contributed by atoms with Gasteiger partial charge in [-0.3, -0.25) is 4.79 Å². The Balaban J connectivity index is 1.58. The van der Waals surface area contributed by atoms with E-state index in [1.807, 2.05) is 0 Å². The lowest BCUT2D eigenvalue weighted by molar-refractivity contribution is 0.0723. The van der Waals surface area contributed by atoms with Gasteiger partial charge in [-0.2, -0.15) is 4.31 Å². The van der Waals surface area contributed by atoms with Gasteiger partial charge in [-0.05, 0) is 24.3 Å². The first-order chi connectivity index (χ1) is 13.5. The van der Waals surface area contributed by atoms with Crippen LogP contribution in [0, 0.1) is 0 Å². The summed E-state index contributed by atoms with van der Waals surface area (Å²) in [5, 5.41) is 13.6. The number of ether oxygens (including phenoxy) is 1. The van der Waals surface area contributed by atoms with E-state index in [1.54, 1.807) is 36.4 Å². The number of hydrogen-bond acceptors (Lipinski definition) is 6. The second-order valence-corrected chi connectivity index (χ2v) is 8.14. The summed E-state index contributed by atoms with van der Waals surface area (Å²) in [5.74, 6) is -0.603. The fraction of sp³-hybridized carbons (Fsp3) is 0.211. The number of hydrogen-bond donors (Lipinski definition) is 2. The van der Waals surface area contributed by atoms with Crippen molar-refractivity contribution in [3.8, 4) is 5.75 Å². The molecule has 2 aromatic carbocycles. The number of fused-ring (bicyclic) bond motifs is 1. The van der Waals surface area contributed by atoms with Gasteiger partial charge in [0.15, 0.2) is 5.76 Å². The third kappa shape index (κ3) is 3.35. The first-order valence-electron chi connectivity index (χ1n) is 8.66. The van der Waals surface area contributed by atoms with Gasteiger partial charge in [-0.1, -0.05) is 24.3 Å². The van der Waals surface area contributed by atoms with E-state index < -0.39 is 15.9 Å². The van der Waals surface area contributed by atoms with Crippen LogP contribution >= 0.6 is 0 Å². The minimum atomic E-state index is -3.81. The summed E-state index contributed by atoms with van der Waals surface area (Å²) < 4.78 is 37.0. The SMILES string of the molecule is O=C(Nc1cccc2c(O)cccc12)c1ccc(S(=O)(=O)N2CCOCC2)o1. The Labute approximate surface area is 161 Å². The van der Waals surface area contributed by atoms with E-state index in [0.717, 1.165) is 0 Å². The van der Waals surface area contributed by atoms with Gasteiger partial charge in [0.1, 0.15) is 5.75 Å². The van der Waals surface area contributed by atoms with Crippen molar-refractivity contribution in [3.63, 3.8) is 0 Å². The topological polar surface area (TPSA) is 109 Å². The summed E-state index contributed by atoms with van der Waals surface area (Å²) in [4.78, 5) is 12.6. The highest BCUT2D eigenvalue weighted by atomic mass is 32.2. The number of phenolic OH excluding ortho intramolecular Hbond substituents is 1. The third-order valence-corrected chi connectivity index (χ3v) is 6.29. The van der Waals surface area contributed by atoms with Crippen LogP contribution in [0.1, 0.15) is 10.6 Å². The second-order valence-electron chi connectivity index (χ2n) is 6.27. The molecule has 146 valence electrons. The van der Waals surface area contributed by atoms with Crippen molar-refractivity contribution in [2.45, 2.75) is 5.09 Å². The van der Waals surface area contributed by atoms with Crippen molar-refractivity contribution in [3.05, 3.63) is 54.3 Å². The van der Waals surface area contributed by atoms with E-state index in [1.165, 1.54) is 16.4 Å². The number of nitrogens with one attached hydrogen (secondary N) is 1. The van der Waals surface area contributed by atoms with Crippen LogP contribution in [-0.2, 0) is 14.8 Å². The fourth-order valence-corrected chi connectivity index (χ4v) is 4.40. The van der Waals surface area contributed by atoms with E-state index in [0.29, 0.717) is 29.7 Å². The summed E-state index contributed by atoms with van der Waals surface area (Å²) in [6.45, 7) is 1.12. The molecular formula is C19H18N2O6S. The lowest BCUT2D eigenvalue weighted by Crippen LogP contribution is -2.40. The number of benzene rings is 2. The average molecular weight is 402 g/mol. The molecule has 3 aromatic rings. The predicted octanol–water partition coefficient (Wildman–Crippen LogP) is 2.41. The smallest absolute Gasteiger partial charge is 0.291 e. The van der Waals surface area contributed by atoms with Crippen LogP contribution in [0.2, 0.25) is 0 Å². The zero-order valence-corrected chi connectivity index (χ0v) is 15.6. The standard InChI is InChI=1S/C19H18N2O6S/c22-16-6-2-3-13-14(16)4-1-5-15(13)20-19(23)17-7-8-18(27-17)28(24,25)21-9-11-26-12-10-21/h1-8,22H,9-12H2,(H,20,23). The van der Waals surface area contributed by atoms with Crippen molar-refractivity contribution in [2.24, 2.45) is 0 Å². The summed E-state index contributed by atoms with van der Waals surface area (Å²) in [5.41, 5.74) is 0.479. The third-order valence-electron chi connectivity index (χ3n) is 4.52. The number of furan rings is 1. The number of amides is 1. The van der Waals surface area contributed by atoms with E-state index in [-0.39, 0.29) is 29.7 Å². The lowest BCUT2D eigenvalue weighted by atomic mass is 10.1. The van der Waals surface area contributed by atoms with Crippen molar-refractivity contribution in [1.29, 1.82) is 0 Å². The van der Waals surface area contributed by atoms with E-state index in [2.05, 4.69) is 5.32 Å². The largest absolute Gasteiger partial charge is 0.507 e. The molecule has 8 nitrogen and oxygen atoms in total. The van der Waals surface area contributed by atoms with E-state index in [4.69, 9.17) is 9.15 Å². The molecule has 1 saturated heterocycles. The molecule has 1 fully saturated rings. The molecule has 1 aliphatic rings. The number of aromatic hydroxyl groups is 1. The highest BCUT2D eigenvalue weighted by Crippen LogP contribution is 2.30. The molecule has 0 unspecified atom stereocenters. The first kappa shape index (κ1) is 18.5. The number of rotatable bonds is 4. The number of morpholine rings is 1. The van der Waals surface area contributed by atoms with Gasteiger partial charge in [-0.15, -0.1) is 0 Å².